The minimum atomic E-state index is -0.0444. The molecule has 0 saturated carbocycles. The van der Waals surface area contributed by atoms with Crippen LogP contribution in [0.5, 0.6) is 0 Å². The summed E-state index contributed by atoms with van der Waals surface area (Å²) in [7, 11) is 1.99. The molecular formula is C21H29Cl2N7O. The molecule has 2 aromatic heterocycles. The van der Waals surface area contributed by atoms with Gasteiger partial charge in [-0.1, -0.05) is 29.8 Å². The Morgan fingerprint density at radius 1 is 1.26 bits per heavy atom. The molecule has 0 spiro atoms. The van der Waals surface area contributed by atoms with Gasteiger partial charge < -0.3 is 15.2 Å². The van der Waals surface area contributed by atoms with E-state index in [9.17, 15) is 4.79 Å². The monoisotopic (exact) mass is 465 g/mol. The van der Waals surface area contributed by atoms with Gasteiger partial charge in [0.05, 0.1) is 25.3 Å². The molecular weight excluding hydrogens is 437 g/mol. The van der Waals surface area contributed by atoms with Crippen LogP contribution in [0.25, 0.3) is 0 Å². The molecule has 1 unspecified atom stereocenters. The molecule has 0 aliphatic carbocycles. The molecule has 8 nitrogen and oxygen atoms in total. The molecule has 1 atom stereocenters. The fourth-order valence-corrected chi connectivity index (χ4v) is 3.80. The fraction of sp³-hybridized carbons (Fsp3) is 0.381. The van der Waals surface area contributed by atoms with Crippen LogP contribution in [0.4, 0.5) is 5.82 Å². The highest BCUT2D eigenvalue weighted by Crippen LogP contribution is 2.20. The second-order valence-electron chi connectivity index (χ2n) is 7.50. The normalized spacial score (nSPS) is 16.3. The Hall–Kier alpha value is -2.39. The zero-order valence-corrected chi connectivity index (χ0v) is 19.3. The molecule has 1 fully saturated rings. The lowest BCUT2D eigenvalue weighted by Crippen LogP contribution is -2.49. The van der Waals surface area contributed by atoms with Gasteiger partial charge in [-0.05, 0) is 12.5 Å². The highest BCUT2D eigenvalue weighted by atomic mass is 35.5. The Bertz CT molecular complexity index is 988. The maximum Gasteiger partial charge on any atom is 0.239 e. The Balaban J connectivity index is 0.00000171. The minimum Gasteiger partial charge on any atom is -0.337 e. The van der Waals surface area contributed by atoms with Crippen molar-refractivity contribution in [3.05, 3.63) is 65.9 Å². The van der Waals surface area contributed by atoms with Gasteiger partial charge in [0.15, 0.2) is 0 Å². The molecule has 0 radical (unpaired) electrons. The van der Waals surface area contributed by atoms with Gasteiger partial charge in [-0.15, -0.1) is 24.8 Å². The fourth-order valence-electron chi connectivity index (χ4n) is 3.80. The van der Waals surface area contributed by atoms with Crippen LogP contribution in [0.1, 0.15) is 23.0 Å². The number of rotatable bonds is 6. The van der Waals surface area contributed by atoms with Crippen molar-refractivity contribution in [3.63, 3.8) is 0 Å². The van der Waals surface area contributed by atoms with Gasteiger partial charge in [0, 0.05) is 45.1 Å². The number of anilines is 1. The van der Waals surface area contributed by atoms with Crippen molar-refractivity contribution in [1.29, 1.82) is 0 Å². The van der Waals surface area contributed by atoms with Gasteiger partial charge in [0.25, 0.3) is 0 Å². The van der Waals surface area contributed by atoms with Crippen LogP contribution in [0.15, 0.2) is 48.9 Å². The van der Waals surface area contributed by atoms with Crippen molar-refractivity contribution in [1.82, 2.24) is 29.5 Å². The lowest BCUT2D eigenvalue weighted by Gasteiger charge is -2.35. The van der Waals surface area contributed by atoms with Crippen molar-refractivity contribution >= 4 is 36.5 Å². The number of nitrogens with one attached hydrogen (secondary N) is 2. The van der Waals surface area contributed by atoms with E-state index in [4.69, 9.17) is 0 Å². The van der Waals surface area contributed by atoms with E-state index in [0.717, 1.165) is 31.0 Å². The first kappa shape index (κ1) is 24.9. The van der Waals surface area contributed by atoms with Crippen molar-refractivity contribution < 1.29 is 4.79 Å². The number of amides is 1. The van der Waals surface area contributed by atoms with Gasteiger partial charge in [0.2, 0.25) is 5.91 Å². The molecule has 4 rings (SSSR count). The molecule has 1 aliphatic heterocycles. The zero-order valence-electron chi connectivity index (χ0n) is 17.7. The quantitative estimate of drug-likeness (QED) is 0.584. The molecule has 1 aliphatic rings. The predicted molar refractivity (Wildman–Crippen MR) is 126 cm³/mol. The summed E-state index contributed by atoms with van der Waals surface area (Å²) in [6.07, 6.45) is 5.45. The number of benzene rings is 1. The lowest BCUT2D eigenvalue weighted by atomic mass is 10.1. The number of imidazole rings is 1. The number of aryl methyl sites for hydroxylation is 2. The smallest absolute Gasteiger partial charge is 0.239 e. The van der Waals surface area contributed by atoms with Crippen molar-refractivity contribution in [2.75, 3.05) is 31.5 Å². The third-order valence-electron chi connectivity index (χ3n) is 5.26. The Morgan fingerprint density at radius 3 is 2.84 bits per heavy atom. The van der Waals surface area contributed by atoms with E-state index >= 15 is 0 Å². The number of aromatic nitrogens is 4. The van der Waals surface area contributed by atoms with E-state index < -0.39 is 0 Å². The average molecular weight is 466 g/mol. The molecule has 10 heteroatoms. The van der Waals surface area contributed by atoms with Gasteiger partial charge in [0.1, 0.15) is 11.6 Å². The van der Waals surface area contributed by atoms with Crippen LogP contribution in [0.3, 0.4) is 0 Å². The Labute approximate surface area is 194 Å². The maximum atomic E-state index is 12.8. The topological polar surface area (TPSA) is 80.0 Å². The molecule has 3 heterocycles. The lowest BCUT2D eigenvalue weighted by molar-refractivity contribution is -0.118. The van der Waals surface area contributed by atoms with E-state index in [2.05, 4.69) is 50.7 Å². The van der Waals surface area contributed by atoms with Crippen LogP contribution >= 0.6 is 24.8 Å². The van der Waals surface area contributed by atoms with Crippen molar-refractivity contribution in [3.8, 4) is 0 Å². The SMILES string of the molecule is Cc1cccc(Cn2nccc2NC(=O)CN2CCNCC2c2nccn2C)c1.Cl.Cl. The van der Waals surface area contributed by atoms with Gasteiger partial charge in [-0.3, -0.25) is 9.69 Å². The number of hydrogen-bond donors (Lipinski definition) is 2. The number of piperazine rings is 1. The number of carbonyl (C=O) groups is 1. The standard InChI is InChI=1S/C21H27N7O.2ClH/c1-16-4-3-5-17(12-16)14-28-19(6-7-24-28)25-20(29)15-27-11-8-22-13-18(27)21-23-9-10-26(21)2;;/h3-7,9-10,12,18,22H,8,11,13-15H2,1-2H3,(H,25,29);2*1H. The first-order valence-electron chi connectivity index (χ1n) is 9.89. The van der Waals surface area contributed by atoms with Gasteiger partial charge >= 0.3 is 0 Å². The Kier molecular flexibility index (Phi) is 9.06. The summed E-state index contributed by atoms with van der Waals surface area (Å²) in [4.78, 5) is 19.4. The highest BCUT2D eigenvalue weighted by molar-refractivity contribution is 5.91. The number of carbonyl (C=O) groups excluding carboxylic acids is 1. The summed E-state index contributed by atoms with van der Waals surface area (Å²) in [5.41, 5.74) is 2.36. The van der Waals surface area contributed by atoms with Crippen LogP contribution in [0, 0.1) is 6.92 Å². The number of nitrogens with zero attached hydrogens (tertiary/aromatic N) is 5. The van der Waals surface area contributed by atoms with Gasteiger partial charge in [-0.2, -0.15) is 5.10 Å². The summed E-state index contributed by atoms with van der Waals surface area (Å²) in [6, 6.07) is 10.2. The van der Waals surface area contributed by atoms with Crippen molar-refractivity contribution in [2.24, 2.45) is 7.05 Å². The van der Waals surface area contributed by atoms with E-state index in [0.29, 0.717) is 18.9 Å². The van der Waals surface area contributed by atoms with Crippen LogP contribution in [-0.2, 0) is 18.4 Å². The largest absolute Gasteiger partial charge is 0.337 e. The van der Waals surface area contributed by atoms with Crippen LogP contribution in [0.2, 0.25) is 0 Å². The van der Waals surface area contributed by atoms with Crippen LogP contribution in [-0.4, -0.2) is 56.3 Å². The van der Waals surface area contributed by atoms with E-state index in [-0.39, 0.29) is 36.8 Å². The molecule has 1 amide bonds. The summed E-state index contributed by atoms with van der Waals surface area (Å²) >= 11 is 0. The van der Waals surface area contributed by atoms with Gasteiger partial charge in [-0.25, -0.2) is 9.67 Å². The third kappa shape index (κ3) is 6.07. The summed E-state index contributed by atoms with van der Waals surface area (Å²) in [5, 5.41) is 10.8. The second kappa shape index (κ2) is 11.3. The highest BCUT2D eigenvalue weighted by Gasteiger charge is 2.28. The van der Waals surface area contributed by atoms with E-state index in [1.54, 1.807) is 12.4 Å². The first-order valence-corrected chi connectivity index (χ1v) is 9.89. The van der Waals surface area contributed by atoms with Crippen LogP contribution < -0.4 is 10.6 Å². The first-order chi connectivity index (χ1) is 14.1. The molecule has 3 aromatic rings. The van der Waals surface area contributed by atoms with Crippen molar-refractivity contribution in [2.45, 2.75) is 19.5 Å². The van der Waals surface area contributed by atoms with E-state index in [1.165, 1.54) is 5.56 Å². The molecule has 2 N–H and O–H groups in total. The molecule has 31 heavy (non-hydrogen) atoms. The summed E-state index contributed by atoms with van der Waals surface area (Å²) < 4.78 is 3.83. The second-order valence-corrected chi connectivity index (χ2v) is 7.50. The molecule has 1 aromatic carbocycles. The molecule has 1 saturated heterocycles. The molecule has 0 bridgehead atoms. The number of hydrogen-bond acceptors (Lipinski definition) is 5. The Morgan fingerprint density at radius 2 is 2.10 bits per heavy atom. The zero-order chi connectivity index (χ0) is 20.2. The molecule has 168 valence electrons. The minimum absolute atomic E-state index is 0. The predicted octanol–water partition coefficient (Wildman–Crippen LogP) is 2.40. The third-order valence-corrected chi connectivity index (χ3v) is 5.26. The average Bonchev–Trinajstić information content (AvgIpc) is 3.31. The maximum absolute atomic E-state index is 12.8. The summed E-state index contributed by atoms with van der Waals surface area (Å²) in [6.45, 7) is 5.44. The summed E-state index contributed by atoms with van der Waals surface area (Å²) in [5.74, 6) is 1.63. The number of halogens is 2. The van der Waals surface area contributed by atoms with E-state index in [1.807, 2.05) is 34.6 Å².